The van der Waals surface area contributed by atoms with Crippen molar-refractivity contribution in [2.75, 3.05) is 32.5 Å². The maximum absolute atomic E-state index is 10.5. The smallest absolute Gasteiger partial charge is 0.271 e. The van der Waals surface area contributed by atoms with E-state index < -0.39 is 4.92 Å². The first-order valence-corrected chi connectivity index (χ1v) is 5.71. The molecule has 0 atom stereocenters. The van der Waals surface area contributed by atoms with Gasteiger partial charge in [0.1, 0.15) is 0 Å². The van der Waals surface area contributed by atoms with Gasteiger partial charge in [-0.2, -0.15) is 0 Å². The van der Waals surface area contributed by atoms with Crippen LogP contribution in [0, 0.1) is 10.1 Å². The van der Waals surface area contributed by atoms with Gasteiger partial charge in [-0.3, -0.25) is 10.1 Å². The van der Waals surface area contributed by atoms with E-state index in [2.05, 4.69) is 10.2 Å². The molecule has 1 aromatic carbocycles. The molecule has 0 spiro atoms. The van der Waals surface area contributed by atoms with E-state index >= 15 is 0 Å². The van der Waals surface area contributed by atoms with Gasteiger partial charge >= 0.3 is 0 Å². The SMILES string of the molecule is CN(C)CCCNc1ccc([N+](=O)[O-])cc1Cl.[Cl-]. The number of anilines is 1. The summed E-state index contributed by atoms with van der Waals surface area (Å²) in [5.74, 6) is 0. The van der Waals surface area contributed by atoms with E-state index in [0.29, 0.717) is 5.02 Å². The van der Waals surface area contributed by atoms with Crippen molar-refractivity contribution in [3.05, 3.63) is 33.3 Å². The molecule has 0 bridgehead atoms. The fourth-order valence-corrected chi connectivity index (χ4v) is 1.62. The maximum atomic E-state index is 10.5. The third-order valence-electron chi connectivity index (χ3n) is 2.26. The van der Waals surface area contributed by atoms with Crippen LogP contribution in [-0.2, 0) is 0 Å². The molecule has 7 heteroatoms. The maximum Gasteiger partial charge on any atom is 0.271 e. The van der Waals surface area contributed by atoms with Gasteiger partial charge in [-0.25, -0.2) is 0 Å². The zero-order valence-electron chi connectivity index (χ0n) is 10.3. The number of hydrogen-bond donors (Lipinski definition) is 1. The standard InChI is InChI=1S/C11H16ClN3O2.ClH/c1-14(2)7-3-6-13-11-5-4-9(15(16)17)8-10(11)12;/h4-5,8,13H,3,6-7H2,1-2H3;1H/p-1. The lowest BCUT2D eigenvalue weighted by atomic mass is 10.2. The Bertz CT molecular complexity index is 400. The first-order valence-electron chi connectivity index (χ1n) is 5.33. The number of rotatable bonds is 6. The molecule has 1 N–H and O–H groups in total. The molecular weight excluding hydrogens is 277 g/mol. The largest absolute Gasteiger partial charge is 1.00 e. The van der Waals surface area contributed by atoms with E-state index in [9.17, 15) is 10.1 Å². The van der Waals surface area contributed by atoms with Gasteiger partial charge in [-0.05, 0) is 33.1 Å². The lowest BCUT2D eigenvalue weighted by Gasteiger charge is -2.11. The molecule has 1 rings (SSSR count). The third kappa shape index (κ3) is 5.53. The number of benzene rings is 1. The van der Waals surface area contributed by atoms with Gasteiger partial charge in [0.25, 0.3) is 5.69 Å². The molecule has 0 aliphatic carbocycles. The van der Waals surface area contributed by atoms with Crippen LogP contribution in [0.5, 0.6) is 0 Å². The zero-order chi connectivity index (χ0) is 12.8. The Hall–Kier alpha value is -1.04. The minimum atomic E-state index is -0.457. The molecule has 0 fully saturated rings. The molecule has 0 radical (unpaired) electrons. The van der Waals surface area contributed by atoms with Crippen LogP contribution in [0.25, 0.3) is 0 Å². The molecule has 0 aromatic heterocycles. The molecule has 0 saturated heterocycles. The molecule has 0 aliphatic rings. The number of nitro groups is 1. The van der Waals surface area contributed by atoms with Gasteiger partial charge in [0, 0.05) is 18.7 Å². The van der Waals surface area contributed by atoms with Crippen molar-refractivity contribution in [2.45, 2.75) is 6.42 Å². The van der Waals surface area contributed by atoms with Gasteiger partial charge in [-0.15, -0.1) is 0 Å². The Kier molecular flexibility index (Phi) is 7.66. The van der Waals surface area contributed by atoms with Crippen LogP contribution in [0.2, 0.25) is 5.02 Å². The van der Waals surface area contributed by atoms with Gasteiger partial charge in [0.15, 0.2) is 0 Å². The van der Waals surface area contributed by atoms with E-state index in [1.165, 1.54) is 12.1 Å². The van der Waals surface area contributed by atoms with Gasteiger partial charge in [0.05, 0.1) is 15.6 Å². The summed E-state index contributed by atoms with van der Waals surface area (Å²) < 4.78 is 0. The van der Waals surface area contributed by atoms with Gasteiger partial charge < -0.3 is 22.6 Å². The van der Waals surface area contributed by atoms with Crippen LogP contribution in [0.15, 0.2) is 18.2 Å². The average Bonchev–Trinajstić information content (AvgIpc) is 2.25. The van der Waals surface area contributed by atoms with Crippen LogP contribution < -0.4 is 17.7 Å². The predicted molar refractivity (Wildman–Crippen MR) is 69.8 cm³/mol. The molecule has 0 heterocycles. The minimum Gasteiger partial charge on any atom is -1.00 e. The topological polar surface area (TPSA) is 58.4 Å². The highest BCUT2D eigenvalue weighted by molar-refractivity contribution is 6.33. The summed E-state index contributed by atoms with van der Waals surface area (Å²) >= 11 is 5.94. The molecule has 5 nitrogen and oxygen atoms in total. The highest BCUT2D eigenvalue weighted by Crippen LogP contribution is 2.26. The quantitative estimate of drug-likeness (QED) is 0.441. The second-order valence-corrected chi connectivity index (χ2v) is 4.41. The molecular formula is C11H16Cl2N3O2-. The highest BCUT2D eigenvalue weighted by atomic mass is 35.5. The van der Waals surface area contributed by atoms with Crippen molar-refractivity contribution < 1.29 is 17.3 Å². The molecule has 102 valence electrons. The van der Waals surface area contributed by atoms with E-state index in [4.69, 9.17) is 11.6 Å². The normalized spacial score (nSPS) is 10.0. The Morgan fingerprint density at radius 1 is 1.44 bits per heavy atom. The average molecular weight is 293 g/mol. The highest BCUT2D eigenvalue weighted by Gasteiger charge is 2.08. The lowest BCUT2D eigenvalue weighted by molar-refractivity contribution is -0.384. The lowest BCUT2D eigenvalue weighted by Crippen LogP contribution is -3.00. The second kappa shape index (κ2) is 8.13. The molecule has 1 aromatic rings. The van der Waals surface area contributed by atoms with Crippen LogP contribution in [0.4, 0.5) is 11.4 Å². The van der Waals surface area contributed by atoms with Gasteiger partial charge in [-0.1, -0.05) is 11.6 Å². The Labute approximate surface area is 118 Å². The van der Waals surface area contributed by atoms with Gasteiger partial charge in [0.2, 0.25) is 0 Å². The van der Waals surface area contributed by atoms with Crippen molar-refractivity contribution in [1.29, 1.82) is 0 Å². The summed E-state index contributed by atoms with van der Waals surface area (Å²) in [7, 11) is 4.03. The monoisotopic (exact) mass is 292 g/mol. The fourth-order valence-electron chi connectivity index (χ4n) is 1.38. The Morgan fingerprint density at radius 3 is 2.61 bits per heavy atom. The fraction of sp³-hybridized carbons (Fsp3) is 0.455. The van der Waals surface area contributed by atoms with Crippen molar-refractivity contribution in [3.63, 3.8) is 0 Å². The number of hydrogen-bond acceptors (Lipinski definition) is 4. The molecule has 0 unspecified atom stereocenters. The van der Waals surface area contributed by atoms with E-state index in [1.54, 1.807) is 6.07 Å². The molecule has 0 amide bonds. The Balaban J connectivity index is 0.00000289. The number of nitro benzene ring substituents is 1. The van der Waals surface area contributed by atoms with Crippen molar-refractivity contribution in [1.82, 2.24) is 4.90 Å². The number of non-ortho nitro benzene ring substituents is 1. The summed E-state index contributed by atoms with van der Waals surface area (Å²) in [4.78, 5) is 12.2. The van der Waals surface area contributed by atoms with E-state index in [1.807, 2.05) is 14.1 Å². The molecule has 0 saturated carbocycles. The van der Waals surface area contributed by atoms with Crippen LogP contribution >= 0.6 is 11.6 Å². The minimum absolute atomic E-state index is 0. The Morgan fingerprint density at radius 2 is 2.11 bits per heavy atom. The first-order chi connectivity index (χ1) is 8.00. The van der Waals surface area contributed by atoms with E-state index in [0.717, 1.165) is 25.2 Å². The van der Waals surface area contributed by atoms with Crippen molar-refractivity contribution >= 4 is 23.0 Å². The van der Waals surface area contributed by atoms with Crippen molar-refractivity contribution in [2.24, 2.45) is 0 Å². The number of halogens is 2. The van der Waals surface area contributed by atoms with E-state index in [-0.39, 0.29) is 18.1 Å². The van der Waals surface area contributed by atoms with Crippen LogP contribution in [0.3, 0.4) is 0 Å². The molecule has 18 heavy (non-hydrogen) atoms. The summed E-state index contributed by atoms with van der Waals surface area (Å²) in [6.45, 7) is 1.77. The predicted octanol–water partition coefficient (Wildman–Crippen LogP) is -0.384. The molecule has 0 aliphatic heterocycles. The number of nitrogens with one attached hydrogen (secondary N) is 1. The number of nitrogens with zero attached hydrogens (tertiary/aromatic N) is 2. The third-order valence-corrected chi connectivity index (χ3v) is 2.57. The van der Waals surface area contributed by atoms with Crippen LogP contribution in [0.1, 0.15) is 6.42 Å². The van der Waals surface area contributed by atoms with Crippen molar-refractivity contribution in [3.8, 4) is 0 Å². The second-order valence-electron chi connectivity index (χ2n) is 4.00. The first kappa shape index (κ1) is 17.0. The summed E-state index contributed by atoms with van der Waals surface area (Å²) in [5, 5.41) is 14.1. The zero-order valence-corrected chi connectivity index (χ0v) is 11.8. The summed E-state index contributed by atoms with van der Waals surface area (Å²) in [6, 6.07) is 4.44. The van der Waals surface area contributed by atoms with Crippen LogP contribution in [-0.4, -0.2) is 37.0 Å². The summed E-state index contributed by atoms with van der Waals surface area (Å²) in [6.07, 6.45) is 0.986. The summed E-state index contributed by atoms with van der Waals surface area (Å²) in [5.41, 5.74) is 0.741.